The summed E-state index contributed by atoms with van der Waals surface area (Å²) in [5.41, 5.74) is -0.801. The highest BCUT2D eigenvalue weighted by atomic mass is 19.4. The molecule has 0 radical (unpaired) electrons. The zero-order valence-corrected chi connectivity index (χ0v) is 15.3. The van der Waals surface area contributed by atoms with Gasteiger partial charge in [-0.05, 0) is 25.0 Å². The van der Waals surface area contributed by atoms with Gasteiger partial charge < -0.3 is 4.90 Å². The van der Waals surface area contributed by atoms with Gasteiger partial charge in [-0.25, -0.2) is 5.10 Å². The van der Waals surface area contributed by atoms with Crippen molar-refractivity contribution >= 4 is 16.7 Å². The molecule has 1 aliphatic rings. The molecular weight excluding hydrogens is 387 g/mol. The molecule has 1 aliphatic heterocycles. The van der Waals surface area contributed by atoms with Crippen molar-refractivity contribution in [1.29, 1.82) is 0 Å². The van der Waals surface area contributed by atoms with Crippen molar-refractivity contribution in [3.8, 4) is 0 Å². The Morgan fingerprint density at radius 2 is 1.97 bits per heavy atom. The lowest BCUT2D eigenvalue weighted by Gasteiger charge is -2.33. The van der Waals surface area contributed by atoms with E-state index in [1.807, 2.05) is 0 Å². The molecule has 3 heterocycles. The lowest BCUT2D eigenvalue weighted by Crippen LogP contribution is -2.41. The quantitative estimate of drug-likeness (QED) is 0.726. The number of hydrogen-bond acceptors (Lipinski definition) is 4. The summed E-state index contributed by atoms with van der Waals surface area (Å²) in [5.74, 6) is -0.192. The highest BCUT2D eigenvalue weighted by Crippen LogP contribution is 2.29. The van der Waals surface area contributed by atoms with Crippen molar-refractivity contribution in [1.82, 2.24) is 24.9 Å². The summed E-state index contributed by atoms with van der Waals surface area (Å²) in [6, 6.07) is 7.53. The minimum atomic E-state index is -4.49. The molecule has 1 fully saturated rings. The zero-order chi connectivity index (χ0) is 20.6. The molecule has 1 unspecified atom stereocenters. The summed E-state index contributed by atoms with van der Waals surface area (Å²) < 4.78 is 39.7. The van der Waals surface area contributed by atoms with Crippen LogP contribution in [-0.2, 0) is 17.4 Å². The fraction of sp³-hybridized carbons (Fsp3) is 0.368. The number of rotatable bonds is 3. The molecule has 0 saturated carbocycles. The number of amides is 1. The maximum Gasteiger partial charge on any atom is 0.435 e. The highest BCUT2D eigenvalue weighted by molar-refractivity contribution is 5.88. The Bertz CT molecular complexity index is 1100. The standard InChI is InChI=1S/C19H18F3N5O2/c20-19(21,22)16-7-9-27(25-16)12-4-3-8-26(11-12)17(28)10-15-13-5-1-2-6-14(13)18(29)24-23-15/h1-2,5-7,9,12H,3-4,8,10-11H2,(H,24,29). The number of piperidine rings is 1. The molecule has 1 amide bonds. The summed E-state index contributed by atoms with van der Waals surface area (Å²) in [4.78, 5) is 26.3. The predicted octanol–water partition coefficient (Wildman–Crippen LogP) is 2.54. The molecule has 0 spiro atoms. The topological polar surface area (TPSA) is 83.9 Å². The first-order chi connectivity index (χ1) is 13.8. The van der Waals surface area contributed by atoms with Crippen LogP contribution in [0.5, 0.6) is 0 Å². The van der Waals surface area contributed by atoms with Gasteiger partial charge in [0.25, 0.3) is 5.56 Å². The third-order valence-electron chi connectivity index (χ3n) is 5.12. The molecule has 1 N–H and O–H groups in total. The first kappa shape index (κ1) is 19.2. The van der Waals surface area contributed by atoms with E-state index in [0.717, 1.165) is 6.07 Å². The van der Waals surface area contributed by atoms with Crippen LogP contribution in [0.25, 0.3) is 10.8 Å². The molecule has 152 valence electrons. The molecule has 7 nitrogen and oxygen atoms in total. The first-order valence-electron chi connectivity index (χ1n) is 9.19. The number of nitrogens with one attached hydrogen (secondary N) is 1. The number of carbonyl (C=O) groups is 1. The smallest absolute Gasteiger partial charge is 0.340 e. The molecule has 2 aromatic heterocycles. The molecule has 3 aromatic rings. The van der Waals surface area contributed by atoms with Gasteiger partial charge in [0.2, 0.25) is 5.91 Å². The van der Waals surface area contributed by atoms with Gasteiger partial charge in [0.1, 0.15) is 0 Å². The summed E-state index contributed by atoms with van der Waals surface area (Å²) in [6.07, 6.45) is -1.89. The fourth-order valence-corrected chi connectivity index (χ4v) is 3.65. The van der Waals surface area contributed by atoms with E-state index in [1.54, 1.807) is 29.2 Å². The summed E-state index contributed by atoms with van der Waals surface area (Å²) in [6.45, 7) is 0.795. The normalized spacial score (nSPS) is 17.6. The molecule has 1 saturated heterocycles. The number of aromatic amines is 1. The second-order valence-corrected chi connectivity index (χ2v) is 7.04. The second kappa shape index (κ2) is 7.34. The summed E-state index contributed by atoms with van der Waals surface area (Å²) in [5, 5.41) is 11.1. The average molecular weight is 405 g/mol. The number of aromatic nitrogens is 4. The van der Waals surface area contributed by atoms with Gasteiger partial charge in [-0.3, -0.25) is 14.3 Å². The molecule has 4 rings (SSSR count). The molecule has 1 aromatic carbocycles. The number of H-pyrrole nitrogens is 1. The second-order valence-electron chi connectivity index (χ2n) is 7.04. The SMILES string of the molecule is O=C(Cc1n[nH]c(=O)c2ccccc12)N1CCCC(n2ccc(C(F)(F)F)n2)C1. The van der Waals surface area contributed by atoms with Crippen LogP contribution in [0.3, 0.4) is 0 Å². The fourth-order valence-electron chi connectivity index (χ4n) is 3.65. The Labute approximate surface area is 163 Å². The average Bonchev–Trinajstić information content (AvgIpc) is 3.21. The van der Waals surface area contributed by atoms with Crippen molar-refractivity contribution in [2.75, 3.05) is 13.1 Å². The van der Waals surface area contributed by atoms with E-state index in [1.165, 1.54) is 10.9 Å². The zero-order valence-electron chi connectivity index (χ0n) is 15.3. The third kappa shape index (κ3) is 3.87. The molecule has 0 aliphatic carbocycles. The number of benzene rings is 1. The predicted molar refractivity (Wildman–Crippen MR) is 98.1 cm³/mol. The summed E-state index contributed by atoms with van der Waals surface area (Å²) in [7, 11) is 0. The molecule has 10 heteroatoms. The van der Waals surface area contributed by atoms with E-state index in [9.17, 15) is 22.8 Å². The van der Waals surface area contributed by atoms with Crippen LogP contribution in [-0.4, -0.2) is 43.9 Å². The number of nitrogens with zero attached hydrogens (tertiary/aromatic N) is 4. The van der Waals surface area contributed by atoms with Crippen molar-refractivity contribution in [3.05, 3.63) is 58.3 Å². The van der Waals surface area contributed by atoms with Gasteiger partial charge in [0.05, 0.1) is 23.5 Å². The Morgan fingerprint density at radius 1 is 1.21 bits per heavy atom. The Hall–Kier alpha value is -3.17. The Balaban J connectivity index is 1.51. The van der Waals surface area contributed by atoms with E-state index in [0.29, 0.717) is 35.9 Å². The highest BCUT2D eigenvalue weighted by Gasteiger charge is 2.35. The van der Waals surface area contributed by atoms with Gasteiger partial charge in [-0.1, -0.05) is 18.2 Å². The van der Waals surface area contributed by atoms with Crippen LogP contribution < -0.4 is 5.56 Å². The van der Waals surface area contributed by atoms with Crippen molar-refractivity contribution in [2.45, 2.75) is 31.5 Å². The van der Waals surface area contributed by atoms with Gasteiger partial charge in [-0.2, -0.15) is 23.4 Å². The lowest BCUT2D eigenvalue weighted by molar-refractivity contribution is -0.142. The van der Waals surface area contributed by atoms with Crippen molar-refractivity contribution in [2.24, 2.45) is 0 Å². The number of fused-ring (bicyclic) bond motifs is 1. The van der Waals surface area contributed by atoms with Crippen LogP contribution in [0.1, 0.15) is 30.3 Å². The van der Waals surface area contributed by atoms with E-state index < -0.39 is 11.9 Å². The largest absolute Gasteiger partial charge is 0.435 e. The Kier molecular flexibility index (Phi) is 4.85. The van der Waals surface area contributed by atoms with E-state index in [2.05, 4.69) is 15.3 Å². The van der Waals surface area contributed by atoms with Crippen LogP contribution in [0.15, 0.2) is 41.3 Å². The summed E-state index contributed by atoms with van der Waals surface area (Å²) >= 11 is 0. The van der Waals surface area contributed by atoms with Crippen LogP contribution in [0, 0.1) is 0 Å². The number of alkyl halides is 3. The maximum absolute atomic E-state index is 12.8. The van der Waals surface area contributed by atoms with Crippen molar-refractivity contribution < 1.29 is 18.0 Å². The third-order valence-corrected chi connectivity index (χ3v) is 5.12. The molecule has 1 atom stereocenters. The molecule has 0 bridgehead atoms. The van der Waals surface area contributed by atoms with E-state index in [4.69, 9.17) is 0 Å². The molecule has 29 heavy (non-hydrogen) atoms. The monoisotopic (exact) mass is 405 g/mol. The number of carbonyl (C=O) groups excluding carboxylic acids is 1. The van der Waals surface area contributed by atoms with Crippen molar-refractivity contribution in [3.63, 3.8) is 0 Å². The van der Waals surface area contributed by atoms with Gasteiger partial charge in [0, 0.05) is 24.7 Å². The minimum absolute atomic E-state index is 0.00305. The van der Waals surface area contributed by atoms with E-state index >= 15 is 0 Å². The number of halogens is 3. The van der Waals surface area contributed by atoms with Crippen LogP contribution in [0.2, 0.25) is 0 Å². The Morgan fingerprint density at radius 3 is 2.69 bits per heavy atom. The van der Waals surface area contributed by atoms with E-state index in [-0.39, 0.29) is 30.5 Å². The van der Waals surface area contributed by atoms with Crippen LogP contribution >= 0.6 is 0 Å². The first-order valence-corrected chi connectivity index (χ1v) is 9.19. The minimum Gasteiger partial charge on any atom is -0.340 e. The van der Waals surface area contributed by atoms with Gasteiger partial charge in [-0.15, -0.1) is 0 Å². The van der Waals surface area contributed by atoms with Crippen LogP contribution in [0.4, 0.5) is 13.2 Å². The number of hydrogen-bond donors (Lipinski definition) is 1. The lowest BCUT2D eigenvalue weighted by atomic mass is 10.0. The van der Waals surface area contributed by atoms with Gasteiger partial charge >= 0.3 is 6.18 Å². The number of likely N-dealkylation sites (tertiary alicyclic amines) is 1. The molecular formula is C19H18F3N5O2. The maximum atomic E-state index is 12.8. The van der Waals surface area contributed by atoms with Gasteiger partial charge in [0.15, 0.2) is 5.69 Å².